The molecule has 1 aromatic heterocycles. The Hall–Kier alpha value is -1.12. The molecule has 0 atom stereocenters. The van der Waals surface area contributed by atoms with Crippen LogP contribution in [0.3, 0.4) is 0 Å². The average Bonchev–Trinajstić information content (AvgIpc) is 2.54. The maximum absolute atomic E-state index is 10.5. The molecule has 0 bridgehead atoms. The second-order valence-electron chi connectivity index (χ2n) is 2.86. The molecule has 0 saturated heterocycles. The van der Waals surface area contributed by atoms with E-state index < -0.39 is 0 Å². The summed E-state index contributed by atoms with van der Waals surface area (Å²) in [6.45, 7) is 2.98. The molecule has 0 unspecified atom stereocenters. The zero-order chi connectivity index (χ0) is 7.84. The largest absolute Gasteiger partial charge is 0.332 e. The lowest BCUT2D eigenvalue weighted by molar-refractivity contribution is 0.111. The topological polar surface area (TPSA) is 34.9 Å². The minimum atomic E-state index is 0.639. The molecule has 3 nitrogen and oxygen atoms in total. The SMILES string of the molecule is Cc1nc(C=O)c2n1CCC2. The van der Waals surface area contributed by atoms with E-state index in [1.54, 1.807) is 0 Å². The van der Waals surface area contributed by atoms with Crippen LogP contribution in [0.15, 0.2) is 0 Å². The van der Waals surface area contributed by atoms with E-state index in [-0.39, 0.29) is 0 Å². The van der Waals surface area contributed by atoms with Gasteiger partial charge in [-0.1, -0.05) is 0 Å². The highest BCUT2D eigenvalue weighted by Gasteiger charge is 2.18. The molecule has 0 saturated carbocycles. The predicted octanol–water partition coefficient (Wildman–Crippen LogP) is 0.950. The van der Waals surface area contributed by atoms with Gasteiger partial charge < -0.3 is 4.57 Å². The maximum Gasteiger partial charge on any atom is 0.170 e. The summed E-state index contributed by atoms with van der Waals surface area (Å²) in [6.07, 6.45) is 3.01. The van der Waals surface area contributed by atoms with E-state index in [0.29, 0.717) is 5.69 Å². The van der Waals surface area contributed by atoms with E-state index in [1.165, 1.54) is 0 Å². The lowest BCUT2D eigenvalue weighted by Gasteiger charge is -1.95. The van der Waals surface area contributed by atoms with Gasteiger partial charge in [-0.2, -0.15) is 0 Å². The van der Waals surface area contributed by atoms with Crippen molar-refractivity contribution in [3.05, 3.63) is 17.2 Å². The van der Waals surface area contributed by atoms with E-state index in [4.69, 9.17) is 0 Å². The van der Waals surface area contributed by atoms with E-state index >= 15 is 0 Å². The van der Waals surface area contributed by atoms with Gasteiger partial charge in [-0.15, -0.1) is 0 Å². The number of fused-ring (bicyclic) bond motifs is 1. The normalized spacial score (nSPS) is 15.0. The van der Waals surface area contributed by atoms with Gasteiger partial charge in [0.1, 0.15) is 11.5 Å². The molecule has 2 heterocycles. The lowest BCUT2D eigenvalue weighted by Crippen LogP contribution is -1.94. The quantitative estimate of drug-likeness (QED) is 0.559. The third-order valence-corrected chi connectivity index (χ3v) is 2.20. The fraction of sp³-hybridized carbons (Fsp3) is 0.500. The molecular formula is C8H10N2O. The smallest absolute Gasteiger partial charge is 0.170 e. The van der Waals surface area contributed by atoms with Gasteiger partial charge >= 0.3 is 0 Å². The Labute approximate surface area is 65.1 Å². The van der Waals surface area contributed by atoms with Crippen LogP contribution in [0, 0.1) is 6.92 Å². The molecule has 58 valence electrons. The molecule has 0 N–H and O–H groups in total. The summed E-state index contributed by atoms with van der Waals surface area (Å²) in [5.41, 5.74) is 1.76. The van der Waals surface area contributed by atoms with E-state index in [2.05, 4.69) is 9.55 Å². The van der Waals surface area contributed by atoms with Crippen LogP contribution in [0.1, 0.15) is 28.4 Å². The first-order valence-electron chi connectivity index (χ1n) is 3.84. The molecule has 1 aliphatic rings. The first kappa shape index (κ1) is 6.58. The molecule has 1 aliphatic heterocycles. The van der Waals surface area contributed by atoms with Crippen molar-refractivity contribution < 1.29 is 4.79 Å². The van der Waals surface area contributed by atoms with Crippen LogP contribution in [-0.4, -0.2) is 15.8 Å². The Kier molecular flexibility index (Phi) is 1.31. The number of carbonyl (C=O) groups excluding carboxylic acids is 1. The number of aromatic nitrogens is 2. The number of aryl methyl sites for hydroxylation is 1. The lowest BCUT2D eigenvalue weighted by atomic mass is 10.2. The van der Waals surface area contributed by atoms with Crippen LogP contribution in [-0.2, 0) is 13.0 Å². The highest BCUT2D eigenvalue weighted by molar-refractivity contribution is 5.74. The Bertz CT molecular complexity index is 301. The number of carbonyl (C=O) groups is 1. The maximum atomic E-state index is 10.5. The molecule has 0 radical (unpaired) electrons. The van der Waals surface area contributed by atoms with Gasteiger partial charge in [-0.3, -0.25) is 4.79 Å². The Morgan fingerprint density at radius 1 is 1.64 bits per heavy atom. The van der Waals surface area contributed by atoms with Crippen molar-refractivity contribution in [3.63, 3.8) is 0 Å². The van der Waals surface area contributed by atoms with Crippen LogP contribution < -0.4 is 0 Å². The van der Waals surface area contributed by atoms with Crippen molar-refractivity contribution in [2.24, 2.45) is 0 Å². The number of rotatable bonds is 1. The van der Waals surface area contributed by atoms with Gasteiger partial charge in [0, 0.05) is 12.2 Å². The molecule has 2 rings (SSSR count). The van der Waals surface area contributed by atoms with Crippen molar-refractivity contribution in [2.75, 3.05) is 0 Å². The summed E-state index contributed by atoms with van der Waals surface area (Å²) >= 11 is 0. The minimum Gasteiger partial charge on any atom is -0.332 e. The molecule has 0 amide bonds. The van der Waals surface area contributed by atoms with Crippen molar-refractivity contribution in [1.82, 2.24) is 9.55 Å². The van der Waals surface area contributed by atoms with Gasteiger partial charge in [-0.05, 0) is 19.8 Å². The molecular weight excluding hydrogens is 140 g/mol. The zero-order valence-electron chi connectivity index (χ0n) is 6.50. The van der Waals surface area contributed by atoms with E-state index in [0.717, 1.165) is 37.2 Å². The molecule has 3 heteroatoms. The summed E-state index contributed by atoms with van der Waals surface area (Å²) in [6, 6.07) is 0. The zero-order valence-corrected chi connectivity index (χ0v) is 6.50. The van der Waals surface area contributed by atoms with Crippen LogP contribution >= 0.6 is 0 Å². The highest BCUT2D eigenvalue weighted by atomic mass is 16.1. The summed E-state index contributed by atoms with van der Waals surface area (Å²) < 4.78 is 2.13. The molecule has 0 spiro atoms. The fourth-order valence-corrected chi connectivity index (χ4v) is 1.69. The monoisotopic (exact) mass is 150 g/mol. The Balaban J connectivity index is 2.60. The number of nitrogens with zero attached hydrogens (tertiary/aromatic N) is 2. The van der Waals surface area contributed by atoms with Crippen molar-refractivity contribution in [2.45, 2.75) is 26.3 Å². The fourth-order valence-electron chi connectivity index (χ4n) is 1.69. The molecule has 1 aromatic rings. The summed E-state index contributed by atoms with van der Waals surface area (Å²) in [7, 11) is 0. The Morgan fingerprint density at radius 2 is 2.45 bits per heavy atom. The third kappa shape index (κ3) is 0.803. The predicted molar refractivity (Wildman–Crippen MR) is 40.7 cm³/mol. The average molecular weight is 150 g/mol. The van der Waals surface area contributed by atoms with Crippen LogP contribution in [0.4, 0.5) is 0 Å². The molecule has 11 heavy (non-hydrogen) atoms. The third-order valence-electron chi connectivity index (χ3n) is 2.20. The number of aldehydes is 1. The first-order chi connectivity index (χ1) is 5.33. The molecule has 0 fully saturated rings. The summed E-state index contributed by atoms with van der Waals surface area (Å²) in [5, 5.41) is 0. The van der Waals surface area contributed by atoms with Crippen molar-refractivity contribution in [3.8, 4) is 0 Å². The van der Waals surface area contributed by atoms with E-state index in [9.17, 15) is 4.79 Å². The van der Waals surface area contributed by atoms with Crippen LogP contribution in [0.25, 0.3) is 0 Å². The van der Waals surface area contributed by atoms with Gasteiger partial charge in [0.05, 0.1) is 0 Å². The second kappa shape index (κ2) is 2.19. The number of hydrogen-bond acceptors (Lipinski definition) is 2. The van der Waals surface area contributed by atoms with Crippen molar-refractivity contribution in [1.29, 1.82) is 0 Å². The number of imidazole rings is 1. The van der Waals surface area contributed by atoms with Crippen LogP contribution in [0.2, 0.25) is 0 Å². The van der Waals surface area contributed by atoms with Gasteiger partial charge in [-0.25, -0.2) is 4.98 Å². The van der Waals surface area contributed by atoms with Gasteiger partial charge in [0.15, 0.2) is 6.29 Å². The minimum absolute atomic E-state index is 0.639. The van der Waals surface area contributed by atoms with Gasteiger partial charge in [0.2, 0.25) is 0 Å². The standard InChI is InChI=1S/C8H10N2O/c1-6-9-7(5-11)8-3-2-4-10(6)8/h5H,2-4H2,1H3. The highest BCUT2D eigenvalue weighted by Crippen LogP contribution is 2.19. The van der Waals surface area contributed by atoms with Crippen molar-refractivity contribution >= 4 is 6.29 Å². The summed E-state index contributed by atoms with van der Waals surface area (Å²) in [4.78, 5) is 14.6. The van der Waals surface area contributed by atoms with Gasteiger partial charge in [0.25, 0.3) is 0 Å². The molecule has 0 aliphatic carbocycles. The summed E-state index contributed by atoms with van der Waals surface area (Å²) in [5.74, 6) is 0.972. The number of hydrogen-bond donors (Lipinski definition) is 0. The Morgan fingerprint density at radius 3 is 3.18 bits per heavy atom. The van der Waals surface area contributed by atoms with E-state index in [1.807, 2.05) is 6.92 Å². The van der Waals surface area contributed by atoms with Crippen LogP contribution in [0.5, 0.6) is 0 Å². The molecule has 0 aromatic carbocycles. The second-order valence-corrected chi connectivity index (χ2v) is 2.86. The first-order valence-corrected chi connectivity index (χ1v) is 3.84.